The van der Waals surface area contributed by atoms with Crippen molar-refractivity contribution in [2.75, 3.05) is 64.4 Å². The van der Waals surface area contributed by atoms with E-state index in [0.717, 1.165) is 86.8 Å². The summed E-state index contributed by atoms with van der Waals surface area (Å²) in [5, 5.41) is 7.78. The molecule has 3 fully saturated rings. The summed E-state index contributed by atoms with van der Waals surface area (Å²) in [6.45, 7) is 7.52. The minimum atomic E-state index is -0.00646. The molecule has 1 atom stereocenters. The number of rotatable bonds is 10. The van der Waals surface area contributed by atoms with Crippen molar-refractivity contribution >= 4 is 33.8 Å². The van der Waals surface area contributed by atoms with Crippen molar-refractivity contribution in [3.8, 4) is 5.75 Å². The Morgan fingerprint density at radius 1 is 1.10 bits per heavy atom. The Morgan fingerprint density at radius 2 is 1.97 bits per heavy atom. The van der Waals surface area contributed by atoms with Gasteiger partial charge in [-0.1, -0.05) is 6.07 Å². The first-order valence-corrected chi connectivity index (χ1v) is 15.4. The maximum atomic E-state index is 13.2. The first kappa shape index (κ1) is 26.5. The molecule has 208 valence electrons. The third-order valence-corrected chi connectivity index (χ3v) is 9.38. The molecule has 2 aliphatic heterocycles. The van der Waals surface area contributed by atoms with Gasteiger partial charge in [-0.15, -0.1) is 11.3 Å². The number of hydrogen-bond donors (Lipinski definition) is 1. The Bertz CT molecular complexity index is 1270. The highest BCUT2D eigenvalue weighted by Gasteiger charge is 2.32. The van der Waals surface area contributed by atoms with Crippen LogP contribution in [0.1, 0.15) is 61.2 Å². The third kappa shape index (κ3) is 6.21. The fraction of sp³-hybridized carbons (Fsp3) is 0.567. The van der Waals surface area contributed by atoms with Crippen molar-refractivity contribution in [3.63, 3.8) is 0 Å². The van der Waals surface area contributed by atoms with Crippen molar-refractivity contribution in [3.05, 3.63) is 46.5 Å². The Hall–Kier alpha value is -2.75. The number of nitrogens with zero attached hydrogens (tertiary/aromatic N) is 5. The Morgan fingerprint density at radius 3 is 2.79 bits per heavy atom. The van der Waals surface area contributed by atoms with Crippen LogP contribution in [0, 0.1) is 0 Å². The van der Waals surface area contributed by atoms with E-state index >= 15 is 0 Å². The van der Waals surface area contributed by atoms with Crippen LogP contribution in [0.25, 0.3) is 10.9 Å². The van der Waals surface area contributed by atoms with E-state index in [2.05, 4.69) is 37.5 Å². The molecule has 6 rings (SSSR count). The molecule has 0 spiro atoms. The van der Waals surface area contributed by atoms with Gasteiger partial charge in [-0.3, -0.25) is 14.7 Å². The van der Waals surface area contributed by atoms with Gasteiger partial charge in [-0.25, -0.2) is 4.98 Å². The van der Waals surface area contributed by atoms with Gasteiger partial charge in [0.15, 0.2) is 0 Å². The summed E-state index contributed by atoms with van der Waals surface area (Å²) in [5.74, 6) is 1.61. The molecule has 1 saturated carbocycles. The molecule has 4 heterocycles. The van der Waals surface area contributed by atoms with Crippen LogP contribution in [0.15, 0.2) is 35.8 Å². The average Bonchev–Trinajstić information content (AvgIpc) is 3.55. The Kier molecular flexibility index (Phi) is 8.27. The second-order valence-corrected chi connectivity index (χ2v) is 12.0. The number of ether oxygens (including phenoxy) is 1. The molecule has 0 radical (unpaired) electrons. The fourth-order valence-electron chi connectivity index (χ4n) is 6.05. The molecule has 1 amide bonds. The monoisotopic (exact) mass is 548 g/mol. The van der Waals surface area contributed by atoms with Crippen molar-refractivity contribution in [1.29, 1.82) is 0 Å². The van der Waals surface area contributed by atoms with Crippen LogP contribution in [0.2, 0.25) is 0 Å². The number of carbonyl (C=O) groups excluding carboxylic acids is 1. The first-order valence-electron chi connectivity index (χ1n) is 14.5. The number of likely N-dealkylation sites (tertiary alicyclic amines) is 1. The number of hydrogen-bond acceptors (Lipinski definition) is 8. The highest BCUT2D eigenvalue weighted by molar-refractivity contribution is 7.09. The second kappa shape index (κ2) is 12.2. The van der Waals surface area contributed by atoms with Crippen molar-refractivity contribution in [1.82, 2.24) is 25.1 Å². The first-order chi connectivity index (χ1) is 19.2. The SMILES string of the molecule is COc1ccc2cccnc2c1N1CCCN([C@@H](CC(=O)NCCN2CCCC2)c2csc(C3CC3)n2)CC1. The van der Waals surface area contributed by atoms with E-state index in [1.807, 2.05) is 18.3 Å². The molecule has 0 unspecified atom stereocenters. The molecule has 0 bridgehead atoms. The molecule has 3 aliphatic rings. The average molecular weight is 549 g/mol. The van der Waals surface area contributed by atoms with Crippen LogP contribution in [0.3, 0.4) is 0 Å². The zero-order chi connectivity index (χ0) is 26.6. The summed E-state index contributed by atoms with van der Waals surface area (Å²) < 4.78 is 5.79. The van der Waals surface area contributed by atoms with Crippen molar-refractivity contribution in [2.45, 2.75) is 50.5 Å². The predicted octanol–water partition coefficient (Wildman–Crippen LogP) is 4.43. The number of anilines is 1. The number of amides is 1. The lowest BCUT2D eigenvalue weighted by Crippen LogP contribution is -2.38. The minimum Gasteiger partial charge on any atom is -0.494 e. The summed E-state index contributed by atoms with van der Waals surface area (Å²) in [7, 11) is 1.73. The molecule has 1 aliphatic carbocycles. The quantitative estimate of drug-likeness (QED) is 0.402. The van der Waals surface area contributed by atoms with Gasteiger partial charge >= 0.3 is 0 Å². The number of pyridine rings is 1. The van der Waals surface area contributed by atoms with Crippen LogP contribution in [-0.4, -0.2) is 85.1 Å². The lowest BCUT2D eigenvalue weighted by atomic mass is 10.1. The molecule has 39 heavy (non-hydrogen) atoms. The van der Waals surface area contributed by atoms with Gasteiger partial charge in [0, 0.05) is 68.6 Å². The van der Waals surface area contributed by atoms with E-state index in [4.69, 9.17) is 14.7 Å². The zero-order valence-electron chi connectivity index (χ0n) is 23.0. The lowest BCUT2D eigenvalue weighted by Gasteiger charge is -2.30. The number of carbonyl (C=O) groups is 1. The highest BCUT2D eigenvalue weighted by atomic mass is 32.1. The number of benzene rings is 1. The molecule has 2 saturated heterocycles. The van der Waals surface area contributed by atoms with Gasteiger partial charge in [0.2, 0.25) is 5.91 Å². The second-order valence-electron chi connectivity index (χ2n) is 11.1. The summed E-state index contributed by atoms with van der Waals surface area (Å²) in [6.07, 6.45) is 8.34. The summed E-state index contributed by atoms with van der Waals surface area (Å²) in [4.78, 5) is 30.3. The molecular weight excluding hydrogens is 508 g/mol. The molecule has 2 aromatic heterocycles. The van der Waals surface area contributed by atoms with Gasteiger partial charge in [0.25, 0.3) is 0 Å². The van der Waals surface area contributed by atoms with Gasteiger partial charge < -0.3 is 19.9 Å². The summed E-state index contributed by atoms with van der Waals surface area (Å²) in [6, 6.07) is 8.20. The normalized spacial score (nSPS) is 19.8. The smallest absolute Gasteiger partial charge is 0.222 e. The van der Waals surface area contributed by atoms with E-state index in [1.54, 1.807) is 18.4 Å². The standard InChI is InChI=1S/C30H40N6O2S/c1-38-26-10-9-22-6-4-11-32-28(22)29(26)36-16-5-15-35(18-19-36)25(24-21-39-30(33-24)23-7-8-23)20-27(37)31-12-17-34-13-2-3-14-34/h4,6,9-11,21,23,25H,2-3,5,7-8,12-20H2,1H3,(H,31,37)/t25-/m0/s1. The Labute approximate surface area is 235 Å². The van der Waals surface area contributed by atoms with Crippen molar-refractivity contribution in [2.24, 2.45) is 0 Å². The molecular formula is C30H40N6O2S. The molecule has 9 heteroatoms. The predicted molar refractivity (Wildman–Crippen MR) is 157 cm³/mol. The van der Waals surface area contributed by atoms with Crippen molar-refractivity contribution < 1.29 is 9.53 Å². The number of thiazole rings is 1. The number of methoxy groups -OCH3 is 1. The van der Waals surface area contributed by atoms with Crippen LogP contribution < -0.4 is 15.0 Å². The van der Waals surface area contributed by atoms with Gasteiger partial charge in [0.05, 0.1) is 29.4 Å². The maximum Gasteiger partial charge on any atom is 0.222 e. The minimum absolute atomic E-state index is 0.00646. The molecule has 3 aromatic rings. The highest BCUT2D eigenvalue weighted by Crippen LogP contribution is 2.43. The van der Waals surface area contributed by atoms with Crippen LogP contribution in [0.5, 0.6) is 5.75 Å². The topological polar surface area (TPSA) is 73.8 Å². The van der Waals surface area contributed by atoms with Crippen LogP contribution in [0.4, 0.5) is 5.69 Å². The fourth-order valence-corrected chi connectivity index (χ4v) is 7.09. The number of fused-ring (bicyclic) bond motifs is 1. The summed E-state index contributed by atoms with van der Waals surface area (Å²) >= 11 is 1.77. The summed E-state index contributed by atoms with van der Waals surface area (Å²) in [5.41, 5.74) is 3.11. The molecule has 1 aromatic carbocycles. The van der Waals surface area contributed by atoms with Gasteiger partial charge in [-0.2, -0.15) is 0 Å². The molecule has 8 nitrogen and oxygen atoms in total. The van der Waals surface area contributed by atoms with E-state index in [-0.39, 0.29) is 11.9 Å². The zero-order valence-corrected chi connectivity index (χ0v) is 23.8. The van der Waals surface area contributed by atoms with E-state index in [1.165, 1.54) is 30.7 Å². The molecule has 1 N–H and O–H groups in total. The third-order valence-electron chi connectivity index (χ3n) is 8.35. The van der Waals surface area contributed by atoms with E-state index < -0.39 is 0 Å². The lowest BCUT2D eigenvalue weighted by molar-refractivity contribution is -0.122. The maximum absolute atomic E-state index is 13.2. The number of nitrogens with one attached hydrogen (secondary N) is 1. The number of aromatic nitrogens is 2. The largest absolute Gasteiger partial charge is 0.494 e. The van der Waals surface area contributed by atoms with Crippen LogP contribution >= 0.6 is 11.3 Å². The van der Waals surface area contributed by atoms with E-state index in [9.17, 15) is 4.79 Å². The van der Waals surface area contributed by atoms with Crippen LogP contribution in [-0.2, 0) is 4.79 Å². The van der Waals surface area contributed by atoms with E-state index in [0.29, 0.717) is 12.3 Å². The van der Waals surface area contributed by atoms with Gasteiger partial charge in [0.1, 0.15) is 11.4 Å². The Balaban J connectivity index is 1.18. The van der Waals surface area contributed by atoms with Gasteiger partial charge in [-0.05, 0) is 63.4 Å².